The SMILES string of the molecule is CCC(=O)OC(C(=O)CC)c1cc2c(OC(C)=O)c(c1)Cc1cc(C(O)C(=O)CC)cc(c1OC(C)=O)Cc1cc(C(OC(=O)CC)C(=O)CC)cc(c1OC(C)=O)Cc1cc(C(O)C(=O)CC)cc(c1OC(C)=O)C2. The van der Waals surface area contributed by atoms with Crippen LogP contribution in [0.3, 0.4) is 0 Å². The van der Waals surface area contributed by atoms with Gasteiger partial charge in [0.15, 0.2) is 35.3 Å². The highest BCUT2D eigenvalue weighted by Crippen LogP contribution is 2.44. The van der Waals surface area contributed by atoms with Crippen LogP contribution in [0.15, 0.2) is 48.5 Å². The Morgan fingerprint density at radius 2 is 0.566 bits per heavy atom. The van der Waals surface area contributed by atoms with Crippen molar-refractivity contribution in [3.05, 3.63) is 115 Å². The number of ether oxygens (including phenoxy) is 6. The maximum Gasteiger partial charge on any atom is 0.308 e. The standard InChI is InChI=1S/C58H64O18/c1-11-45(63)51(69)33-17-35-21-39-25-43(57(47(65)13-3)75-49(67)15-5)27-41(55(39)73-31(9)61)23-37-19-34(52(70)46(64)12-2)20-38(54(37)72-30(8)60)24-42-28-44(58(48(66)14-4)76-50(68)16-6)26-40(56(42)74-32(10)62)22-36(18-33)53(35)71-29(7)59/h17-20,25-28,51-52,57-58,69-70H,11-16,21-24H2,1-10H3. The van der Waals surface area contributed by atoms with Crippen molar-refractivity contribution in [3.63, 3.8) is 0 Å². The summed E-state index contributed by atoms with van der Waals surface area (Å²) in [4.78, 5) is 133. The molecule has 0 radical (unpaired) electrons. The van der Waals surface area contributed by atoms with Gasteiger partial charge in [0.2, 0.25) is 0 Å². The molecule has 0 aromatic heterocycles. The number of carbonyl (C=O) groups excluding carboxylic acids is 10. The minimum absolute atomic E-state index is 0.0187. The highest BCUT2D eigenvalue weighted by molar-refractivity contribution is 5.89. The molecule has 0 amide bonds. The van der Waals surface area contributed by atoms with E-state index < -0.39 is 83.4 Å². The number of hydrogen-bond donors (Lipinski definition) is 2. The smallest absolute Gasteiger partial charge is 0.308 e. The summed E-state index contributed by atoms with van der Waals surface area (Å²) in [6.07, 6.45) is -8.66. The number of aliphatic hydroxyl groups is 2. The zero-order valence-electron chi connectivity index (χ0n) is 44.4. The van der Waals surface area contributed by atoms with Crippen LogP contribution in [0.25, 0.3) is 0 Å². The van der Waals surface area contributed by atoms with Crippen molar-refractivity contribution in [1.29, 1.82) is 0 Å². The maximum absolute atomic E-state index is 13.8. The Morgan fingerprint density at radius 3 is 0.750 bits per heavy atom. The molecule has 0 spiro atoms. The molecule has 404 valence electrons. The van der Waals surface area contributed by atoms with Crippen molar-refractivity contribution in [2.75, 3.05) is 0 Å². The van der Waals surface area contributed by atoms with Gasteiger partial charge in [-0.05, 0) is 59.7 Å². The molecule has 1 aliphatic carbocycles. The third-order valence-electron chi connectivity index (χ3n) is 12.5. The second-order valence-electron chi connectivity index (χ2n) is 18.3. The predicted octanol–water partition coefficient (Wildman–Crippen LogP) is 8.04. The van der Waals surface area contributed by atoms with Gasteiger partial charge in [0, 0.05) is 148 Å². The fourth-order valence-electron chi connectivity index (χ4n) is 8.91. The summed E-state index contributed by atoms with van der Waals surface area (Å²) in [6, 6.07) is 11.5. The molecule has 0 heterocycles. The van der Waals surface area contributed by atoms with Crippen molar-refractivity contribution in [2.24, 2.45) is 0 Å². The predicted molar refractivity (Wildman–Crippen MR) is 272 cm³/mol. The molecule has 0 saturated heterocycles. The normalized spacial score (nSPS) is 13.4. The molecule has 5 rings (SSSR count). The molecule has 8 bridgehead atoms. The molecule has 0 aliphatic heterocycles. The maximum atomic E-state index is 13.8. The van der Waals surface area contributed by atoms with Crippen molar-refractivity contribution in [2.45, 2.75) is 158 Å². The molecular weight excluding hydrogens is 985 g/mol. The minimum Gasteiger partial charge on any atom is -0.449 e. The van der Waals surface area contributed by atoms with Crippen LogP contribution < -0.4 is 18.9 Å². The average molecular weight is 1050 g/mol. The van der Waals surface area contributed by atoms with Gasteiger partial charge >= 0.3 is 35.8 Å². The Labute approximate surface area is 440 Å². The Balaban J connectivity index is 2.14. The highest BCUT2D eigenvalue weighted by Gasteiger charge is 2.33. The van der Waals surface area contributed by atoms with Crippen LogP contribution in [0.5, 0.6) is 23.0 Å². The van der Waals surface area contributed by atoms with Gasteiger partial charge in [0.25, 0.3) is 0 Å². The Morgan fingerprint density at radius 1 is 0.355 bits per heavy atom. The van der Waals surface area contributed by atoms with E-state index in [1.807, 2.05) is 0 Å². The van der Waals surface area contributed by atoms with Gasteiger partial charge in [-0.1, -0.05) is 41.5 Å². The van der Waals surface area contributed by atoms with Gasteiger partial charge in [-0.25, -0.2) is 0 Å². The van der Waals surface area contributed by atoms with E-state index in [9.17, 15) is 58.2 Å². The fraction of sp³-hybridized carbons (Fsp3) is 0.414. The molecule has 1 aliphatic rings. The number of benzene rings is 4. The molecule has 0 fully saturated rings. The van der Waals surface area contributed by atoms with Crippen molar-refractivity contribution >= 4 is 58.9 Å². The summed E-state index contributed by atoms with van der Waals surface area (Å²) >= 11 is 0. The van der Waals surface area contributed by atoms with Crippen LogP contribution in [-0.2, 0) is 83.1 Å². The molecule has 0 saturated carbocycles. The van der Waals surface area contributed by atoms with E-state index in [0.717, 1.165) is 27.7 Å². The first-order valence-corrected chi connectivity index (χ1v) is 25.2. The lowest BCUT2D eigenvalue weighted by molar-refractivity contribution is -0.155. The lowest BCUT2D eigenvalue weighted by atomic mass is 9.86. The number of carbonyl (C=O) groups is 10. The van der Waals surface area contributed by atoms with Gasteiger partial charge in [-0.15, -0.1) is 0 Å². The number of Topliss-reactive ketones (excluding diaryl/α,β-unsaturated/α-hetero) is 4. The number of fused-ring (bicyclic) bond motifs is 8. The third kappa shape index (κ3) is 14.4. The number of hydrogen-bond acceptors (Lipinski definition) is 18. The first-order chi connectivity index (χ1) is 36.0. The van der Waals surface area contributed by atoms with Gasteiger partial charge in [0.1, 0.15) is 35.2 Å². The molecule has 4 aromatic carbocycles. The van der Waals surface area contributed by atoms with Crippen molar-refractivity contribution < 1.29 is 86.6 Å². The number of rotatable bonds is 20. The molecule has 2 N–H and O–H groups in total. The lowest BCUT2D eigenvalue weighted by Gasteiger charge is -2.25. The number of ketones is 4. The first kappa shape index (κ1) is 59.2. The van der Waals surface area contributed by atoms with E-state index in [1.165, 1.54) is 48.5 Å². The molecule has 4 unspecified atom stereocenters. The molecule has 18 heteroatoms. The van der Waals surface area contributed by atoms with E-state index in [0.29, 0.717) is 0 Å². The monoisotopic (exact) mass is 1050 g/mol. The van der Waals surface area contributed by atoms with E-state index in [-0.39, 0.29) is 154 Å². The average Bonchev–Trinajstić information content (AvgIpc) is 3.37. The zero-order valence-corrected chi connectivity index (χ0v) is 44.4. The first-order valence-electron chi connectivity index (χ1n) is 25.2. The number of aliphatic hydroxyl groups excluding tert-OH is 2. The Bertz CT molecular complexity index is 2680. The third-order valence-corrected chi connectivity index (χ3v) is 12.5. The Hall–Kier alpha value is -7.70. The van der Waals surface area contributed by atoms with E-state index in [2.05, 4.69) is 0 Å². The van der Waals surface area contributed by atoms with Crippen LogP contribution in [0.4, 0.5) is 0 Å². The molecular formula is C58H64O18. The van der Waals surface area contributed by atoms with Crippen molar-refractivity contribution in [3.8, 4) is 23.0 Å². The summed E-state index contributed by atoms with van der Waals surface area (Å²) in [7, 11) is 0. The summed E-state index contributed by atoms with van der Waals surface area (Å²) in [5, 5.41) is 23.3. The van der Waals surface area contributed by atoms with Crippen LogP contribution >= 0.6 is 0 Å². The topological polar surface area (TPSA) is 267 Å². The van der Waals surface area contributed by atoms with Crippen LogP contribution in [0.2, 0.25) is 0 Å². The summed E-state index contributed by atoms with van der Waals surface area (Å²) < 4.78 is 35.6. The highest BCUT2D eigenvalue weighted by atomic mass is 16.6. The molecule has 4 atom stereocenters. The van der Waals surface area contributed by atoms with Crippen LogP contribution in [-0.4, -0.2) is 69.2 Å². The molecule has 4 aromatic rings. The van der Waals surface area contributed by atoms with Gasteiger partial charge in [0.05, 0.1) is 0 Å². The molecule has 76 heavy (non-hydrogen) atoms. The molecule has 18 nitrogen and oxygen atoms in total. The minimum atomic E-state index is -1.75. The second-order valence-corrected chi connectivity index (χ2v) is 18.3. The zero-order chi connectivity index (χ0) is 56.3. The van der Waals surface area contributed by atoms with Gasteiger partial charge in [-0.3, -0.25) is 47.9 Å². The quantitative estimate of drug-likeness (QED) is 0.0551. The number of esters is 6. The lowest BCUT2D eigenvalue weighted by Crippen LogP contribution is -2.21. The Kier molecular flexibility index (Phi) is 20.4. The fourth-order valence-corrected chi connectivity index (χ4v) is 8.91. The second kappa shape index (κ2) is 26.2. The van der Waals surface area contributed by atoms with E-state index in [1.54, 1.807) is 41.5 Å². The van der Waals surface area contributed by atoms with E-state index >= 15 is 0 Å². The van der Waals surface area contributed by atoms with E-state index in [4.69, 9.17) is 28.4 Å². The van der Waals surface area contributed by atoms with Crippen molar-refractivity contribution in [1.82, 2.24) is 0 Å². The summed E-state index contributed by atoms with van der Waals surface area (Å²) in [5.41, 5.74) is 1.09. The van der Waals surface area contributed by atoms with Crippen LogP contribution in [0.1, 0.15) is 199 Å². The summed E-state index contributed by atoms with van der Waals surface area (Å²) in [6.45, 7) is 13.9. The van der Waals surface area contributed by atoms with Crippen LogP contribution in [0, 0.1) is 0 Å². The van der Waals surface area contributed by atoms with Gasteiger partial charge in [-0.2, -0.15) is 0 Å². The van der Waals surface area contributed by atoms with Gasteiger partial charge < -0.3 is 38.6 Å². The summed E-state index contributed by atoms with van der Waals surface area (Å²) in [5.74, 6) is -7.47. The largest absolute Gasteiger partial charge is 0.449 e.